The van der Waals surface area contributed by atoms with Crippen LogP contribution in [-0.2, 0) is 14.3 Å². The zero-order valence-electron chi connectivity index (χ0n) is 20.1. The van der Waals surface area contributed by atoms with Crippen molar-refractivity contribution in [3.63, 3.8) is 0 Å². The van der Waals surface area contributed by atoms with E-state index in [0.29, 0.717) is 25.7 Å². The van der Waals surface area contributed by atoms with Crippen molar-refractivity contribution in [3.05, 3.63) is 0 Å². The molecule has 2 fully saturated rings. The first-order valence-electron chi connectivity index (χ1n) is 10.8. The Kier molecular flexibility index (Phi) is 6.45. The van der Waals surface area contributed by atoms with Gasteiger partial charge >= 0.3 is 5.97 Å². The van der Waals surface area contributed by atoms with Gasteiger partial charge in [-0.05, 0) is 68.2 Å². The first kappa shape index (κ1) is 25.0. The second-order valence-electron chi connectivity index (χ2n) is 11.9. The van der Waals surface area contributed by atoms with Crippen LogP contribution < -0.4 is 5.32 Å². The molecule has 2 heterocycles. The maximum Gasteiger partial charge on any atom is 0.303 e. The van der Waals surface area contributed by atoms with Crippen LogP contribution in [-0.4, -0.2) is 66.2 Å². The minimum atomic E-state index is -0.995. The summed E-state index contributed by atoms with van der Waals surface area (Å²) in [6.45, 7) is 16.7. The van der Waals surface area contributed by atoms with Gasteiger partial charge in [0.2, 0.25) is 5.91 Å². The quantitative estimate of drug-likeness (QED) is 0.592. The molecule has 2 rings (SSSR count). The van der Waals surface area contributed by atoms with Crippen molar-refractivity contribution in [1.29, 1.82) is 0 Å². The summed E-state index contributed by atoms with van der Waals surface area (Å²) in [4.78, 5) is 25.1. The minimum Gasteiger partial charge on any atom is -0.459 e. The number of piperidine rings is 2. The summed E-state index contributed by atoms with van der Waals surface area (Å²) in [6.07, 6.45) is 1.95. The Labute approximate surface area is 180 Å². The van der Waals surface area contributed by atoms with E-state index < -0.39 is 33.7 Å². The molecule has 8 nitrogen and oxygen atoms in total. The summed E-state index contributed by atoms with van der Waals surface area (Å²) in [6, 6.07) is -0.0979. The summed E-state index contributed by atoms with van der Waals surface area (Å²) in [5.41, 5.74) is -3.27. The Morgan fingerprint density at radius 1 is 0.867 bits per heavy atom. The lowest BCUT2D eigenvalue weighted by Crippen LogP contribution is -2.66. The van der Waals surface area contributed by atoms with Gasteiger partial charge in [-0.2, -0.15) is 10.1 Å². The van der Waals surface area contributed by atoms with Gasteiger partial charge in [-0.3, -0.25) is 9.59 Å². The fraction of sp³-hybridized carbons (Fsp3) is 0.909. The number of hydrogen-bond donors (Lipinski definition) is 3. The van der Waals surface area contributed by atoms with Gasteiger partial charge in [-0.25, -0.2) is 0 Å². The van der Waals surface area contributed by atoms with E-state index in [1.54, 1.807) is 0 Å². The average molecular weight is 428 g/mol. The molecule has 2 saturated heterocycles. The maximum atomic E-state index is 13.1. The van der Waals surface area contributed by atoms with Gasteiger partial charge in [0, 0.05) is 48.0 Å². The number of hydroxylamine groups is 4. The molecule has 8 heteroatoms. The molecular formula is C22H41N3O5. The second kappa shape index (κ2) is 7.73. The highest BCUT2D eigenvalue weighted by atomic mass is 16.6. The van der Waals surface area contributed by atoms with E-state index in [9.17, 15) is 20.0 Å². The maximum absolute atomic E-state index is 13.1. The molecule has 0 aromatic heterocycles. The lowest BCUT2D eigenvalue weighted by molar-refractivity contribution is -0.277. The lowest BCUT2D eigenvalue weighted by Gasteiger charge is -2.55. The number of carbonyl (C=O) groups excluding carboxylic acids is 2. The molecular weight excluding hydrogens is 386 g/mol. The van der Waals surface area contributed by atoms with Crippen LogP contribution in [0, 0.1) is 0 Å². The van der Waals surface area contributed by atoms with Crippen molar-refractivity contribution in [3.8, 4) is 0 Å². The minimum absolute atomic E-state index is 0.0352. The highest BCUT2D eigenvalue weighted by Crippen LogP contribution is 2.46. The Morgan fingerprint density at radius 2 is 1.27 bits per heavy atom. The van der Waals surface area contributed by atoms with E-state index >= 15 is 0 Å². The Morgan fingerprint density at radius 3 is 1.67 bits per heavy atom. The Hall–Kier alpha value is -1.22. The second-order valence-corrected chi connectivity index (χ2v) is 11.9. The van der Waals surface area contributed by atoms with E-state index in [0.717, 1.165) is 0 Å². The van der Waals surface area contributed by atoms with Crippen LogP contribution in [0.5, 0.6) is 0 Å². The summed E-state index contributed by atoms with van der Waals surface area (Å²) >= 11 is 0. The van der Waals surface area contributed by atoms with Crippen LogP contribution in [0.1, 0.15) is 94.4 Å². The predicted octanol–water partition coefficient (Wildman–Crippen LogP) is 3.25. The Balaban J connectivity index is 2.22. The summed E-state index contributed by atoms with van der Waals surface area (Å²) in [7, 11) is 0. The van der Waals surface area contributed by atoms with E-state index in [-0.39, 0.29) is 18.4 Å². The van der Waals surface area contributed by atoms with E-state index in [4.69, 9.17) is 4.74 Å². The number of hydrogen-bond acceptors (Lipinski definition) is 7. The zero-order valence-corrected chi connectivity index (χ0v) is 20.1. The van der Waals surface area contributed by atoms with Crippen LogP contribution in [0.4, 0.5) is 0 Å². The van der Waals surface area contributed by atoms with Crippen molar-refractivity contribution >= 4 is 11.9 Å². The lowest BCUT2D eigenvalue weighted by atomic mass is 9.70. The SMILES string of the molecule is CC(=O)OC1(CC(=O)NC2CC(C)(C)N(O)C(C)(C)C2)CC(C)(C)N(O)C(C)(C)C1. The third kappa shape index (κ3) is 5.15. The topological polar surface area (TPSA) is 102 Å². The first-order chi connectivity index (χ1) is 13.3. The first-order valence-corrected chi connectivity index (χ1v) is 10.8. The smallest absolute Gasteiger partial charge is 0.303 e. The van der Waals surface area contributed by atoms with Crippen LogP contribution in [0.15, 0.2) is 0 Å². The number of nitrogens with zero attached hydrogens (tertiary/aromatic N) is 2. The number of ether oxygens (including phenoxy) is 1. The summed E-state index contributed by atoms with van der Waals surface area (Å²) in [5.74, 6) is -0.617. The summed E-state index contributed by atoms with van der Waals surface area (Å²) in [5, 5.41) is 26.9. The molecule has 0 atom stereocenters. The van der Waals surface area contributed by atoms with Gasteiger partial charge < -0.3 is 20.5 Å². The number of carbonyl (C=O) groups is 2. The molecule has 0 saturated carbocycles. The fourth-order valence-corrected chi connectivity index (χ4v) is 6.09. The van der Waals surface area contributed by atoms with Crippen LogP contribution >= 0.6 is 0 Å². The normalized spacial score (nSPS) is 28.0. The zero-order chi connectivity index (χ0) is 23.3. The number of nitrogens with one attached hydrogen (secondary N) is 1. The predicted molar refractivity (Wildman–Crippen MR) is 113 cm³/mol. The van der Waals surface area contributed by atoms with Crippen molar-refractivity contribution in [1.82, 2.24) is 15.4 Å². The molecule has 30 heavy (non-hydrogen) atoms. The van der Waals surface area contributed by atoms with Gasteiger partial charge in [0.1, 0.15) is 5.60 Å². The number of rotatable bonds is 4. The highest BCUT2D eigenvalue weighted by Gasteiger charge is 2.55. The monoisotopic (exact) mass is 427 g/mol. The number of amides is 1. The largest absolute Gasteiger partial charge is 0.459 e. The molecule has 0 spiro atoms. The Bertz CT molecular complexity index is 650. The van der Waals surface area contributed by atoms with Gasteiger partial charge in [0.05, 0.1) is 6.42 Å². The standard InChI is InChI=1S/C22H41N3O5/c1-15(26)30-22(13-20(6,7)25(29)21(8,9)14-22)12-17(27)23-16-10-18(2,3)24(28)19(4,5)11-16/h16,28-29H,10-14H2,1-9H3,(H,23,27). The molecule has 1 amide bonds. The molecule has 174 valence electrons. The molecule has 0 aromatic rings. The molecule has 0 unspecified atom stereocenters. The average Bonchev–Trinajstić information content (AvgIpc) is 2.47. The van der Waals surface area contributed by atoms with Crippen molar-refractivity contribution in [2.75, 3.05) is 0 Å². The van der Waals surface area contributed by atoms with Crippen molar-refractivity contribution in [2.45, 2.75) is 128 Å². The molecule has 2 aliphatic heterocycles. The van der Waals surface area contributed by atoms with E-state index in [1.165, 1.54) is 17.1 Å². The van der Waals surface area contributed by atoms with Crippen molar-refractivity contribution < 1.29 is 24.7 Å². The van der Waals surface area contributed by atoms with Gasteiger partial charge in [-0.15, -0.1) is 0 Å². The van der Waals surface area contributed by atoms with Crippen LogP contribution in [0.25, 0.3) is 0 Å². The van der Waals surface area contributed by atoms with Crippen LogP contribution in [0.2, 0.25) is 0 Å². The van der Waals surface area contributed by atoms with Crippen LogP contribution in [0.3, 0.4) is 0 Å². The van der Waals surface area contributed by atoms with Gasteiger partial charge in [0.15, 0.2) is 0 Å². The van der Waals surface area contributed by atoms with Gasteiger partial charge in [0.25, 0.3) is 0 Å². The van der Waals surface area contributed by atoms with E-state index in [1.807, 2.05) is 55.4 Å². The summed E-state index contributed by atoms with van der Waals surface area (Å²) < 4.78 is 5.77. The number of esters is 1. The molecule has 2 aliphatic rings. The molecule has 0 bridgehead atoms. The van der Waals surface area contributed by atoms with E-state index in [2.05, 4.69) is 5.32 Å². The van der Waals surface area contributed by atoms with Crippen molar-refractivity contribution in [2.24, 2.45) is 0 Å². The third-order valence-corrected chi connectivity index (χ3v) is 6.50. The molecule has 0 radical (unpaired) electrons. The molecule has 0 aromatic carbocycles. The molecule has 0 aliphatic carbocycles. The highest BCUT2D eigenvalue weighted by molar-refractivity contribution is 5.78. The van der Waals surface area contributed by atoms with Gasteiger partial charge in [-0.1, -0.05) is 0 Å². The molecule has 3 N–H and O–H groups in total. The third-order valence-electron chi connectivity index (χ3n) is 6.50. The fourth-order valence-electron chi connectivity index (χ4n) is 6.09.